The molecule has 1 aliphatic rings. The first kappa shape index (κ1) is 15.9. The lowest BCUT2D eigenvalue weighted by molar-refractivity contribution is 0.0623. The van der Waals surface area contributed by atoms with Crippen LogP contribution in [0.3, 0.4) is 0 Å². The van der Waals surface area contributed by atoms with Gasteiger partial charge in [0.05, 0.1) is 17.5 Å². The van der Waals surface area contributed by atoms with Crippen LogP contribution in [0.4, 0.5) is 4.39 Å². The third-order valence-corrected chi connectivity index (χ3v) is 4.41. The molecule has 0 aliphatic carbocycles. The van der Waals surface area contributed by atoms with Crippen molar-refractivity contribution in [2.24, 2.45) is 5.14 Å². The first-order valence-corrected chi connectivity index (χ1v) is 8.05. The van der Waals surface area contributed by atoms with Gasteiger partial charge in [0.1, 0.15) is 5.82 Å². The quantitative estimate of drug-likeness (QED) is 0.857. The van der Waals surface area contributed by atoms with Crippen LogP contribution >= 0.6 is 0 Å². The molecule has 0 aromatic heterocycles. The summed E-state index contributed by atoms with van der Waals surface area (Å²) >= 11 is 0. The number of nitrogens with two attached hydrogens (primary N) is 1. The van der Waals surface area contributed by atoms with Crippen LogP contribution in [0.15, 0.2) is 17.0 Å². The molecule has 1 aromatic carbocycles. The number of amides is 1. The average Bonchev–Trinajstić information content (AvgIpc) is 2.40. The van der Waals surface area contributed by atoms with E-state index in [9.17, 15) is 17.6 Å². The number of rotatable bonds is 3. The highest BCUT2D eigenvalue weighted by atomic mass is 32.2. The van der Waals surface area contributed by atoms with Gasteiger partial charge in [0.15, 0.2) is 0 Å². The Bertz CT molecular complexity index is 654. The minimum absolute atomic E-state index is 0.0374. The van der Waals surface area contributed by atoms with Crippen molar-refractivity contribution in [2.75, 3.05) is 13.2 Å². The van der Waals surface area contributed by atoms with Crippen LogP contribution in [0, 0.1) is 12.7 Å². The van der Waals surface area contributed by atoms with Gasteiger partial charge >= 0.3 is 0 Å². The van der Waals surface area contributed by atoms with Gasteiger partial charge in [0.2, 0.25) is 10.0 Å². The van der Waals surface area contributed by atoms with Crippen LogP contribution in [-0.2, 0) is 14.8 Å². The van der Waals surface area contributed by atoms with Gasteiger partial charge in [-0.15, -0.1) is 0 Å². The van der Waals surface area contributed by atoms with E-state index in [1.807, 2.05) is 0 Å². The van der Waals surface area contributed by atoms with Gasteiger partial charge in [-0.1, -0.05) is 0 Å². The molecule has 1 aromatic rings. The summed E-state index contributed by atoms with van der Waals surface area (Å²) in [5.74, 6) is -1.36. The molecule has 1 heterocycles. The van der Waals surface area contributed by atoms with E-state index < -0.39 is 21.7 Å². The molecular formula is C13H17FN2O4S. The molecule has 21 heavy (non-hydrogen) atoms. The van der Waals surface area contributed by atoms with E-state index in [1.54, 1.807) is 0 Å². The maximum Gasteiger partial charge on any atom is 0.251 e. The third kappa shape index (κ3) is 3.78. The van der Waals surface area contributed by atoms with Gasteiger partial charge < -0.3 is 10.1 Å². The molecule has 3 N–H and O–H groups in total. The summed E-state index contributed by atoms with van der Waals surface area (Å²) in [7, 11) is -4.09. The van der Waals surface area contributed by atoms with Crippen molar-refractivity contribution < 1.29 is 22.3 Å². The lowest BCUT2D eigenvalue weighted by atomic mass is 10.1. The molecule has 6 nitrogen and oxygen atoms in total. The lowest BCUT2D eigenvalue weighted by Gasteiger charge is -2.23. The molecule has 2 rings (SSSR count). The minimum atomic E-state index is -4.09. The molecule has 1 fully saturated rings. The Balaban J connectivity index is 2.30. The SMILES string of the molecule is Cc1c(C(=O)NC2CCCOC2)cc(F)cc1S(N)(=O)=O. The van der Waals surface area contributed by atoms with E-state index in [1.165, 1.54) is 6.92 Å². The summed E-state index contributed by atoms with van der Waals surface area (Å²) in [6, 6.07) is 1.65. The maximum atomic E-state index is 13.6. The third-order valence-electron chi connectivity index (χ3n) is 3.37. The van der Waals surface area contributed by atoms with E-state index in [4.69, 9.17) is 9.88 Å². The van der Waals surface area contributed by atoms with Gasteiger partial charge in [-0.25, -0.2) is 17.9 Å². The van der Waals surface area contributed by atoms with Crippen LogP contribution in [0.2, 0.25) is 0 Å². The largest absolute Gasteiger partial charge is 0.379 e. The van der Waals surface area contributed by atoms with E-state index >= 15 is 0 Å². The summed E-state index contributed by atoms with van der Waals surface area (Å²) in [6.45, 7) is 2.47. The Kier molecular flexibility index (Phi) is 4.60. The monoisotopic (exact) mass is 316 g/mol. The summed E-state index contributed by atoms with van der Waals surface area (Å²) in [4.78, 5) is 11.8. The number of nitrogens with one attached hydrogen (secondary N) is 1. The topological polar surface area (TPSA) is 98.5 Å². The molecule has 1 amide bonds. The van der Waals surface area contributed by atoms with Crippen molar-refractivity contribution in [3.63, 3.8) is 0 Å². The van der Waals surface area contributed by atoms with Gasteiger partial charge in [-0.05, 0) is 37.5 Å². The van der Waals surface area contributed by atoms with Crippen molar-refractivity contribution in [1.29, 1.82) is 0 Å². The van der Waals surface area contributed by atoms with Crippen molar-refractivity contribution in [3.05, 3.63) is 29.1 Å². The average molecular weight is 316 g/mol. The molecule has 1 atom stereocenters. The number of primary sulfonamides is 1. The van der Waals surface area contributed by atoms with E-state index in [0.717, 1.165) is 25.0 Å². The van der Waals surface area contributed by atoms with E-state index in [2.05, 4.69) is 5.32 Å². The Morgan fingerprint density at radius 1 is 1.48 bits per heavy atom. The predicted octanol–water partition coefficient (Wildman–Crippen LogP) is 0.690. The van der Waals surface area contributed by atoms with Crippen molar-refractivity contribution >= 4 is 15.9 Å². The fraction of sp³-hybridized carbons (Fsp3) is 0.462. The molecule has 0 radical (unpaired) electrons. The number of carbonyl (C=O) groups is 1. The minimum Gasteiger partial charge on any atom is -0.379 e. The second-order valence-corrected chi connectivity index (χ2v) is 6.54. The van der Waals surface area contributed by atoms with Crippen LogP contribution in [-0.4, -0.2) is 33.6 Å². The fourth-order valence-electron chi connectivity index (χ4n) is 2.30. The molecule has 1 saturated heterocycles. The first-order chi connectivity index (χ1) is 9.79. The fourth-order valence-corrected chi connectivity index (χ4v) is 3.12. The zero-order valence-electron chi connectivity index (χ0n) is 11.6. The Labute approximate surface area is 122 Å². The lowest BCUT2D eigenvalue weighted by Crippen LogP contribution is -2.41. The molecule has 1 aliphatic heterocycles. The predicted molar refractivity (Wildman–Crippen MR) is 73.8 cm³/mol. The number of ether oxygens (including phenoxy) is 1. The number of hydrogen-bond acceptors (Lipinski definition) is 4. The molecule has 0 bridgehead atoms. The van der Waals surface area contributed by atoms with Gasteiger partial charge in [0, 0.05) is 12.2 Å². The molecular weight excluding hydrogens is 299 g/mol. The highest BCUT2D eigenvalue weighted by Crippen LogP contribution is 2.20. The Morgan fingerprint density at radius 3 is 2.76 bits per heavy atom. The second kappa shape index (κ2) is 6.08. The number of benzene rings is 1. The molecule has 0 saturated carbocycles. The van der Waals surface area contributed by atoms with Gasteiger partial charge in [0.25, 0.3) is 5.91 Å². The number of halogens is 1. The molecule has 0 spiro atoms. The Hall–Kier alpha value is -1.51. The van der Waals surface area contributed by atoms with E-state index in [-0.39, 0.29) is 22.1 Å². The van der Waals surface area contributed by atoms with Crippen LogP contribution in [0.5, 0.6) is 0 Å². The normalized spacial score (nSPS) is 19.3. The van der Waals surface area contributed by atoms with E-state index in [0.29, 0.717) is 13.2 Å². The summed E-state index contributed by atoms with van der Waals surface area (Å²) in [6.07, 6.45) is 1.59. The summed E-state index contributed by atoms with van der Waals surface area (Å²) < 4.78 is 41.7. The van der Waals surface area contributed by atoms with Crippen LogP contribution in [0.25, 0.3) is 0 Å². The van der Waals surface area contributed by atoms with Crippen molar-refractivity contribution in [3.8, 4) is 0 Å². The van der Waals surface area contributed by atoms with Crippen molar-refractivity contribution in [2.45, 2.75) is 30.7 Å². The van der Waals surface area contributed by atoms with Gasteiger partial charge in [-0.3, -0.25) is 4.79 Å². The molecule has 116 valence electrons. The zero-order chi connectivity index (χ0) is 15.6. The summed E-state index contributed by atoms with van der Waals surface area (Å²) in [5.41, 5.74) is 0.0951. The first-order valence-electron chi connectivity index (χ1n) is 6.50. The summed E-state index contributed by atoms with van der Waals surface area (Å²) in [5, 5.41) is 7.75. The van der Waals surface area contributed by atoms with Crippen LogP contribution in [0.1, 0.15) is 28.8 Å². The number of carbonyl (C=O) groups excluding carboxylic acids is 1. The molecule has 8 heteroatoms. The highest BCUT2D eigenvalue weighted by molar-refractivity contribution is 7.89. The second-order valence-electron chi connectivity index (χ2n) is 5.01. The number of sulfonamides is 1. The highest BCUT2D eigenvalue weighted by Gasteiger charge is 2.22. The zero-order valence-corrected chi connectivity index (χ0v) is 12.4. The van der Waals surface area contributed by atoms with Gasteiger partial charge in [-0.2, -0.15) is 0 Å². The van der Waals surface area contributed by atoms with Crippen molar-refractivity contribution in [1.82, 2.24) is 5.32 Å². The molecule has 1 unspecified atom stereocenters. The Morgan fingerprint density at radius 2 is 2.19 bits per heavy atom. The maximum absolute atomic E-state index is 13.6. The smallest absolute Gasteiger partial charge is 0.251 e. The standard InChI is InChI=1S/C13H17FN2O4S/c1-8-11(5-9(14)6-12(8)21(15,18)19)13(17)16-10-3-2-4-20-7-10/h5-6,10H,2-4,7H2,1H3,(H,16,17)(H2,15,18,19). The number of hydrogen-bond donors (Lipinski definition) is 2. The van der Waals surface area contributed by atoms with Crippen LogP contribution < -0.4 is 10.5 Å².